The molecular formula is C17H26N4O3S. The summed E-state index contributed by atoms with van der Waals surface area (Å²) in [5.41, 5.74) is 0.743. The van der Waals surface area contributed by atoms with E-state index in [-0.39, 0.29) is 6.03 Å². The van der Waals surface area contributed by atoms with Crippen molar-refractivity contribution in [1.29, 1.82) is 0 Å². The Morgan fingerprint density at radius 2 is 1.36 bits per heavy atom. The predicted molar refractivity (Wildman–Crippen MR) is 97.6 cm³/mol. The fourth-order valence-electron chi connectivity index (χ4n) is 3.28. The largest absolute Gasteiger partial charge is 0.322 e. The van der Waals surface area contributed by atoms with E-state index in [1.54, 1.807) is 9.21 Å². The lowest BCUT2D eigenvalue weighted by Gasteiger charge is -2.36. The molecule has 2 saturated heterocycles. The van der Waals surface area contributed by atoms with Gasteiger partial charge in [0, 0.05) is 45.0 Å². The van der Waals surface area contributed by atoms with Gasteiger partial charge in [0.1, 0.15) is 0 Å². The lowest BCUT2D eigenvalue weighted by Crippen LogP contribution is -2.55. The standard InChI is InChI=1S/C17H26N4O3S/c22-17(18-16-8-4-3-5-9-16)19-12-14-21(15-13-19)25(23,24)20-10-6-1-2-7-11-20/h3-5,8-9H,1-2,6-7,10-15H2,(H,18,22). The number of carbonyl (C=O) groups is 1. The zero-order chi connectivity index (χ0) is 17.7. The zero-order valence-electron chi connectivity index (χ0n) is 14.4. The summed E-state index contributed by atoms with van der Waals surface area (Å²) in [5, 5.41) is 2.85. The third-order valence-corrected chi connectivity index (χ3v) is 6.80. The molecule has 2 aliphatic rings. The van der Waals surface area contributed by atoms with Crippen LogP contribution in [0.3, 0.4) is 0 Å². The summed E-state index contributed by atoms with van der Waals surface area (Å²) in [7, 11) is -3.41. The molecule has 138 valence electrons. The smallest absolute Gasteiger partial charge is 0.321 e. The summed E-state index contributed by atoms with van der Waals surface area (Å²) in [6.45, 7) is 2.73. The van der Waals surface area contributed by atoms with E-state index >= 15 is 0 Å². The van der Waals surface area contributed by atoms with E-state index < -0.39 is 10.2 Å². The zero-order valence-corrected chi connectivity index (χ0v) is 15.2. The van der Waals surface area contributed by atoms with Crippen LogP contribution in [0, 0.1) is 0 Å². The number of anilines is 1. The highest BCUT2D eigenvalue weighted by molar-refractivity contribution is 7.86. The minimum absolute atomic E-state index is 0.182. The van der Waals surface area contributed by atoms with Crippen molar-refractivity contribution in [1.82, 2.24) is 13.5 Å². The van der Waals surface area contributed by atoms with E-state index in [4.69, 9.17) is 0 Å². The highest BCUT2D eigenvalue weighted by Crippen LogP contribution is 2.18. The first-order valence-electron chi connectivity index (χ1n) is 8.93. The average Bonchev–Trinajstić information content (AvgIpc) is 2.93. The van der Waals surface area contributed by atoms with E-state index in [2.05, 4.69) is 5.32 Å². The quantitative estimate of drug-likeness (QED) is 0.889. The molecule has 1 aromatic rings. The molecule has 0 aromatic heterocycles. The third kappa shape index (κ3) is 4.50. The van der Waals surface area contributed by atoms with E-state index in [0.717, 1.165) is 31.4 Å². The molecule has 1 N–H and O–H groups in total. The number of hydrogen-bond acceptors (Lipinski definition) is 3. The number of piperazine rings is 1. The fourth-order valence-corrected chi connectivity index (χ4v) is 4.95. The van der Waals surface area contributed by atoms with Gasteiger partial charge in [-0.15, -0.1) is 0 Å². The third-order valence-electron chi connectivity index (χ3n) is 4.77. The van der Waals surface area contributed by atoms with Gasteiger partial charge in [-0.3, -0.25) is 0 Å². The van der Waals surface area contributed by atoms with Crippen molar-refractivity contribution in [3.8, 4) is 0 Å². The first-order chi connectivity index (χ1) is 12.1. The van der Waals surface area contributed by atoms with Crippen LogP contribution in [0.25, 0.3) is 0 Å². The van der Waals surface area contributed by atoms with Crippen molar-refractivity contribution in [2.45, 2.75) is 25.7 Å². The molecule has 0 aliphatic carbocycles. The molecular weight excluding hydrogens is 340 g/mol. The van der Waals surface area contributed by atoms with Crippen molar-refractivity contribution in [2.24, 2.45) is 0 Å². The Morgan fingerprint density at radius 3 is 1.96 bits per heavy atom. The molecule has 2 amide bonds. The Bertz CT molecular complexity index is 664. The first-order valence-corrected chi connectivity index (χ1v) is 10.3. The number of para-hydroxylation sites is 1. The van der Waals surface area contributed by atoms with Gasteiger partial charge in [-0.05, 0) is 25.0 Å². The molecule has 3 rings (SSSR count). The van der Waals surface area contributed by atoms with Crippen molar-refractivity contribution in [3.05, 3.63) is 30.3 Å². The Hall–Kier alpha value is -1.64. The Labute approximate surface area is 149 Å². The van der Waals surface area contributed by atoms with Gasteiger partial charge in [0.2, 0.25) is 0 Å². The lowest BCUT2D eigenvalue weighted by atomic mass is 10.2. The summed E-state index contributed by atoms with van der Waals surface area (Å²) >= 11 is 0. The summed E-state index contributed by atoms with van der Waals surface area (Å²) in [4.78, 5) is 14.0. The van der Waals surface area contributed by atoms with Crippen molar-refractivity contribution in [3.63, 3.8) is 0 Å². The summed E-state index contributed by atoms with van der Waals surface area (Å²) < 4.78 is 28.7. The van der Waals surface area contributed by atoms with Crippen LogP contribution in [0.2, 0.25) is 0 Å². The second-order valence-electron chi connectivity index (χ2n) is 6.50. The van der Waals surface area contributed by atoms with E-state index in [1.165, 1.54) is 4.31 Å². The molecule has 0 spiro atoms. The van der Waals surface area contributed by atoms with Crippen LogP contribution in [-0.2, 0) is 10.2 Å². The maximum absolute atomic E-state index is 12.8. The van der Waals surface area contributed by atoms with Crippen LogP contribution in [0.15, 0.2) is 30.3 Å². The molecule has 0 saturated carbocycles. The number of urea groups is 1. The van der Waals surface area contributed by atoms with Gasteiger partial charge in [0.25, 0.3) is 10.2 Å². The van der Waals surface area contributed by atoms with Gasteiger partial charge in [0.05, 0.1) is 0 Å². The Balaban J connectivity index is 1.55. The monoisotopic (exact) mass is 366 g/mol. The number of nitrogens with zero attached hydrogens (tertiary/aromatic N) is 3. The van der Waals surface area contributed by atoms with Crippen LogP contribution in [0.4, 0.5) is 10.5 Å². The van der Waals surface area contributed by atoms with Crippen LogP contribution in [0.1, 0.15) is 25.7 Å². The molecule has 0 radical (unpaired) electrons. The lowest BCUT2D eigenvalue weighted by molar-refractivity contribution is 0.180. The Kier molecular flexibility index (Phi) is 5.93. The molecule has 2 fully saturated rings. The number of carbonyl (C=O) groups excluding carboxylic acids is 1. The van der Waals surface area contributed by atoms with Crippen LogP contribution < -0.4 is 5.32 Å². The number of rotatable bonds is 3. The molecule has 1 aromatic carbocycles. The molecule has 25 heavy (non-hydrogen) atoms. The normalized spacial score (nSPS) is 20.9. The van der Waals surface area contributed by atoms with Crippen molar-refractivity contribution < 1.29 is 13.2 Å². The van der Waals surface area contributed by atoms with Crippen molar-refractivity contribution in [2.75, 3.05) is 44.6 Å². The predicted octanol–water partition coefficient (Wildman–Crippen LogP) is 1.96. The second-order valence-corrected chi connectivity index (χ2v) is 8.43. The second kappa shape index (κ2) is 8.16. The fraction of sp³-hybridized carbons (Fsp3) is 0.588. The molecule has 0 unspecified atom stereocenters. The van der Waals surface area contributed by atoms with E-state index in [0.29, 0.717) is 39.3 Å². The molecule has 8 heteroatoms. The van der Waals surface area contributed by atoms with Gasteiger partial charge >= 0.3 is 6.03 Å². The Morgan fingerprint density at radius 1 is 0.800 bits per heavy atom. The van der Waals surface area contributed by atoms with Gasteiger partial charge in [-0.1, -0.05) is 31.0 Å². The number of benzene rings is 1. The summed E-state index contributed by atoms with van der Waals surface area (Å²) in [6, 6.07) is 9.10. The SMILES string of the molecule is O=C(Nc1ccccc1)N1CCN(S(=O)(=O)N2CCCCCC2)CC1. The molecule has 7 nitrogen and oxygen atoms in total. The number of amides is 2. The topological polar surface area (TPSA) is 73.0 Å². The van der Waals surface area contributed by atoms with Crippen molar-refractivity contribution >= 4 is 21.9 Å². The van der Waals surface area contributed by atoms with Gasteiger partial charge < -0.3 is 10.2 Å². The maximum atomic E-state index is 12.8. The van der Waals surface area contributed by atoms with Gasteiger partial charge in [0.15, 0.2) is 0 Å². The number of hydrogen-bond donors (Lipinski definition) is 1. The maximum Gasteiger partial charge on any atom is 0.321 e. The summed E-state index contributed by atoms with van der Waals surface area (Å²) in [5.74, 6) is 0. The van der Waals surface area contributed by atoms with Crippen LogP contribution in [0.5, 0.6) is 0 Å². The minimum atomic E-state index is -3.41. The highest BCUT2D eigenvalue weighted by atomic mass is 32.2. The first kappa shape index (κ1) is 18.2. The van der Waals surface area contributed by atoms with Gasteiger partial charge in [-0.2, -0.15) is 17.0 Å². The molecule has 2 aliphatic heterocycles. The van der Waals surface area contributed by atoms with Crippen LogP contribution >= 0.6 is 0 Å². The van der Waals surface area contributed by atoms with E-state index in [9.17, 15) is 13.2 Å². The van der Waals surface area contributed by atoms with Gasteiger partial charge in [-0.25, -0.2) is 4.79 Å². The average molecular weight is 366 g/mol. The molecule has 2 heterocycles. The van der Waals surface area contributed by atoms with E-state index in [1.807, 2.05) is 30.3 Å². The van der Waals surface area contributed by atoms with Crippen LogP contribution in [-0.4, -0.2) is 67.2 Å². The number of nitrogens with one attached hydrogen (secondary N) is 1. The summed E-state index contributed by atoms with van der Waals surface area (Å²) in [6.07, 6.45) is 4.05. The highest BCUT2D eigenvalue weighted by Gasteiger charge is 2.33. The minimum Gasteiger partial charge on any atom is -0.322 e. The molecule has 0 bridgehead atoms. The molecule has 0 atom stereocenters.